The van der Waals surface area contributed by atoms with Crippen molar-refractivity contribution in [3.63, 3.8) is 0 Å². The number of amides is 1. The molecule has 1 aliphatic heterocycles. The Kier molecular flexibility index (Phi) is 6.57. The molecular formula is C24H29N3O2. The molecule has 1 aromatic carbocycles. The van der Waals surface area contributed by atoms with Crippen LogP contribution in [-0.4, -0.2) is 35.4 Å². The Morgan fingerprint density at radius 3 is 2.59 bits per heavy atom. The predicted molar refractivity (Wildman–Crippen MR) is 115 cm³/mol. The normalized spacial score (nSPS) is 20.3. The summed E-state index contributed by atoms with van der Waals surface area (Å²) in [6.07, 6.45) is 13.6. The number of hydrogen-bond donors (Lipinski definition) is 1. The number of carbonyl (C=O) groups excluding carboxylic acids is 1. The molecule has 5 heteroatoms. The standard InChI is InChI=1S/C24H29N3O2/c28-24(20-12-15-27(16-13-20)18-19-5-2-1-3-6-19)26-21-8-10-22(11-9-21)29-23-7-4-14-25-17-23/h1-2,4,7-11,14,17,19-20H,3,5-6,12-13,15-16,18H2,(H,26,28)/t19-/m0/s1. The molecule has 2 aliphatic rings. The van der Waals surface area contributed by atoms with E-state index in [0.717, 1.165) is 43.3 Å². The van der Waals surface area contributed by atoms with Crippen LogP contribution in [0.5, 0.6) is 11.5 Å². The summed E-state index contributed by atoms with van der Waals surface area (Å²) in [5, 5.41) is 3.06. The highest BCUT2D eigenvalue weighted by atomic mass is 16.5. The highest BCUT2D eigenvalue weighted by molar-refractivity contribution is 5.92. The summed E-state index contributed by atoms with van der Waals surface area (Å²) < 4.78 is 5.74. The lowest BCUT2D eigenvalue weighted by molar-refractivity contribution is -0.121. The summed E-state index contributed by atoms with van der Waals surface area (Å²) >= 11 is 0. The van der Waals surface area contributed by atoms with Crippen LogP contribution in [0.25, 0.3) is 0 Å². The second-order valence-corrected chi connectivity index (χ2v) is 8.03. The first-order valence-corrected chi connectivity index (χ1v) is 10.6. The quantitative estimate of drug-likeness (QED) is 0.713. The van der Waals surface area contributed by atoms with Gasteiger partial charge in [-0.2, -0.15) is 0 Å². The number of ether oxygens (including phenoxy) is 1. The third-order valence-electron chi connectivity index (χ3n) is 5.84. The zero-order valence-electron chi connectivity index (χ0n) is 16.8. The van der Waals surface area contributed by atoms with Crippen LogP contribution in [0.1, 0.15) is 32.1 Å². The van der Waals surface area contributed by atoms with Gasteiger partial charge in [0.1, 0.15) is 11.5 Å². The van der Waals surface area contributed by atoms with Gasteiger partial charge in [0.05, 0.1) is 6.20 Å². The number of anilines is 1. The molecule has 4 rings (SSSR count). The summed E-state index contributed by atoms with van der Waals surface area (Å²) in [5.41, 5.74) is 0.810. The molecule has 1 saturated heterocycles. The van der Waals surface area contributed by atoms with Gasteiger partial charge in [0.15, 0.2) is 0 Å². The van der Waals surface area contributed by atoms with Gasteiger partial charge in [-0.3, -0.25) is 9.78 Å². The van der Waals surface area contributed by atoms with Gasteiger partial charge in [-0.05, 0) is 87.5 Å². The van der Waals surface area contributed by atoms with Crippen LogP contribution >= 0.6 is 0 Å². The molecule has 1 aromatic heterocycles. The fourth-order valence-corrected chi connectivity index (χ4v) is 4.16. The number of rotatable bonds is 6. The average molecular weight is 392 g/mol. The van der Waals surface area contributed by atoms with E-state index in [9.17, 15) is 4.79 Å². The summed E-state index contributed by atoms with van der Waals surface area (Å²) in [6, 6.07) is 11.2. The third-order valence-corrected chi connectivity index (χ3v) is 5.84. The molecule has 1 amide bonds. The van der Waals surface area contributed by atoms with Crippen molar-refractivity contribution in [2.24, 2.45) is 11.8 Å². The molecule has 0 saturated carbocycles. The van der Waals surface area contributed by atoms with Gasteiger partial charge in [0, 0.05) is 24.3 Å². The fourth-order valence-electron chi connectivity index (χ4n) is 4.16. The highest BCUT2D eigenvalue weighted by Gasteiger charge is 2.26. The molecule has 0 spiro atoms. The van der Waals surface area contributed by atoms with Crippen LogP contribution in [0.2, 0.25) is 0 Å². The van der Waals surface area contributed by atoms with Crippen LogP contribution < -0.4 is 10.1 Å². The SMILES string of the molecule is O=C(Nc1ccc(Oc2cccnc2)cc1)C1CCN(C[C@H]2CC=CCC2)CC1. The Hall–Kier alpha value is -2.66. The molecule has 2 heterocycles. The lowest BCUT2D eigenvalue weighted by Crippen LogP contribution is -2.40. The first kappa shape index (κ1) is 19.6. The van der Waals surface area contributed by atoms with Crippen molar-refractivity contribution in [1.29, 1.82) is 0 Å². The Labute approximate surface area is 172 Å². The zero-order valence-corrected chi connectivity index (χ0v) is 16.8. The molecule has 1 N–H and O–H groups in total. The van der Waals surface area contributed by atoms with E-state index in [1.807, 2.05) is 36.4 Å². The lowest BCUT2D eigenvalue weighted by Gasteiger charge is -2.34. The lowest BCUT2D eigenvalue weighted by atomic mass is 9.91. The predicted octanol–water partition coefficient (Wildman–Crippen LogP) is 4.88. The number of likely N-dealkylation sites (tertiary alicyclic amines) is 1. The van der Waals surface area contributed by atoms with Crippen molar-refractivity contribution < 1.29 is 9.53 Å². The van der Waals surface area contributed by atoms with Crippen molar-refractivity contribution in [3.05, 3.63) is 60.9 Å². The van der Waals surface area contributed by atoms with Gasteiger partial charge < -0.3 is 15.0 Å². The molecule has 0 bridgehead atoms. The second-order valence-electron chi connectivity index (χ2n) is 8.03. The van der Waals surface area contributed by atoms with Gasteiger partial charge in [0.25, 0.3) is 0 Å². The number of nitrogens with one attached hydrogen (secondary N) is 1. The third kappa shape index (κ3) is 5.67. The van der Waals surface area contributed by atoms with Crippen molar-refractivity contribution in [1.82, 2.24) is 9.88 Å². The smallest absolute Gasteiger partial charge is 0.227 e. The van der Waals surface area contributed by atoms with Crippen molar-refractivity contribution in [2.45, 2.75) is 32.1 Å². The van der Waals surface area contributed by atoms with Gasteiger partial charge in [-0.15, -0.1) is 0 Å². The molecule has 1 aliphatic carbocycles. The zero-order chi connectivity index (χ0) is 19.9. The van der Waals surface area contributed by atoms with E-state index >= 15 is 0 Å². The maximum atomic E-state index is 12.7. The molecule has 2 aromatic rings. The monoisotopic (exact) mass is 391 g/mol. The largest absolute Gasteiger partial charge is 0.456 e. The highest BCUT2D eigenvalue weighted by Crippen LogP contribution is 2.25. The summed E-state index contributed by atoms with van der Waals surface area (Å²) in [4.78, 5) is 19.2. The van der Waals surface area contributed by atoms with E-state index in [2.05, 4.69) is 27.4 Å². The Morgan fingerprint density at radius 1 is 1.07 bits per heavy atom. The molecule has 0 unspecified atom stereocenters. The maximum Gasteiger partial charge on any atom is 0.227 e. The molecule has 5 nitrogen and oxygen atoms in total. The Balaban J connectivity index is 1.23. The summed E-state index contributed by atoms with van der Waals surface area (Å²) in [5.74, 6) is 2.44. The molecular weight excluding hydrogens is 362 g/mol. The van der Waals surface area contributed by atoms with Gasteiger partial charge in [0.2, 0.25) is 5.91 Å². The molecule has 29 heavy (non-hydrogen) atoms. The number of benzene rings is 1. The number of allylic oxidation sites excluding steroid dienone is 2. The number of piperidine rings is 1. The van der Waals surface area contributed by atoms with Crippen LogP contribution in [0, 0.1) is 11.8 Å². The van der Waals surface area contributed by atoms with Gasteiger partial charge >= 0.3 is 0 Å². The van der Waals surface area contributed by atoms with E-state index in [1.54, 1.807) is 12.4 Å². The minimum atomic E-state index is 0.101. The fraction of sp³-hybridized carbons (Fsp3) is 0.417. The van der Waals surface area contributed by atoms with Crippen molar-refractivity contribution in [2.75, 3.05) is 25.0 Å². The number of pyridine rings is 1. The summed E-state index contributed by atoms with van der Waals surface area (Å²) in [6.45, 7) is 3.23. The first-order valence-electron chi connectivity index (χ1n) is 10.6. The Bertz CT molecular complexity index is 812. The van der Waals surface area contributed by atoms with Crippen molar-refractivity contribution in [3.8, 4) is 11.5 Å². The van der Waals surface area contributed by atoms with Crippen molar-refractivity contribution >= 4 is 11.6 Å². The van der Waals surface area contributed by atoms with E-state index in [4.69, 9.17) is 4.74 Å². The van der Waals surface area contributed by atoms with Crippen LogP contribution in [-0.2, 0) is 4.79 Å². The summed E-state index contributed by atoms with van der Waals surface area (Å²) in [7, 11) is 0. The van der Waals surface area contributed by atoms with E-state index in [1.165, 1.54) is 25.8 Å². The van der Waals surface area contributed by atoms with Gasteiger partial charge in [-0.25, -0.2) is 0 Å². The number of nitrogens with zero attached hydrogens (tertiary/aromatic N) is 2. The molecule has 1 fully saturated rings. The minimum Gasteiger partial charge on any atom is -0.456 e. The van der Waals surface area contributed by atoms with Crippen LogP contribution in [0.3, 0.4) is 0 Å². The van der Waals surface area contributed by atoms with E-state index in [0.29, 0.717) is 5.75 Å². The second kappa shape index (κ2) is 9.70. The minimum absolute atomic E-state index is 0.101. The van der Waals surface area contributed by atoms with E-state index in [-0.39, 0.29) is 11.8 Å². The first-order chi connectivity index (χ1) is 14.3. The molecule has 152 valence electrons. The number of carbonyl (C=O) groups is 1. The molecule has 0 radical (unpaired) electrons. The molecule has 1 atom stereocenters. The number of aromatic nitrogens is 1. The van der Waals surface area contributed by atoms with Crippen LogP contribution in [0.15, 0.2) is 60.9 Å². The number of hydrogen-bond acceptors (Lipinski definition) is 4. The van der Waals surface area contributed by atoms with Gasteiger partial charge in [-0.1, -0.05) is 12.2 Å². The van der Waals surface area contributed by atoms with E-state index < -0.39 is 0 Å². The maximum absolute atomic E-state index is 12.7. The Morgan fingerprint density at radius 2 is 1.90 bits per heavy atom. The topological polar surface area (TPSA) is 54.5 Å². The average Bonchev–Trinajstić information content (AvgIpc) is 2.77. The van der Waals surface area contributed by atoms with Crippen LogP contribution in [0.4, 0.5) is 5.69 Å².